The standard InChI is InChI=1S/C24H24F3N7O3S2/c1-14-21(23(38-32-14)31-20-10-28-18-7-2-3-8-19(18)30-20)22(35)29-15-5-4-6-16(9-15)33-39(36,37)17-11-34(12-17)13-24(25,26)27/h2-9,17,28,33H,10-13H2,1H3,(H,29,35)(H,30,31). The summed E-state index contributed by atoms with van der Waals surface area (Å²) in [5.41, 5.74) is 3.09. The van der Waals surface area contributed by atoms with Crippen LogP contribution in [0.15, 0.2) is 53.5 Å². The number of amidine groups is 1. The molecule has 1 amide bonds. The number of benzene rings is 2. The summed E-state index contributed by atoms with van der Waals surface area (Å²) in [6.07, 6.45) is -4.38. The maximum Gasteiger partial charge on any atom is 0.401 e. The Kier molecular flexibility index (Phi) is 7.22. The van der Waals surface area contributed by atoms with Gasteiger partial charge in [-0.1, -0.05) is 18.2 Å². The molecule has 4 N–H and O–H groups in total. The van der Waals surface area contributed by atoms with Crippen LogP contribution in [0.4, 0.5) is 40.9 Å². The van der Waals surface area contributed by atoms with Crippen molar-refractivity contribution in [3.63, 3.8) is 0 Å². The molecule has 206 valence electrons. The van der Waals surface area contributed by atoms with Crippen molar-refractivity contribution in [2.45, 2.75) is 18.3 Å². The third-order valence-electron chi connectivity index (χ3n) is 6.11. The minimum absolute atomic E-state index is 0.179. The molecular formula is C24H24F3N7O3S2. The molecule has 5 rings (SSSR count). The summed E-state index contributed by atoms with van der Waals surface area (Å²) >= 11 is 1.08. The lowest BCUT2D eigenvalue weighted by molar-refractivity contribution is -0.152. The van der Waals surface area contributed by atoms with Gasteiger partial charge in [-0.2, -0.15) is 17.5 Å². The van der Waals surface area contributed by atoms with Crippen molar-refractivity contribution in [3.8, 4) is 0 Å². The number of rotatable bonds is 7. The molecule has 39 heavy (non-hydrogen) atoms. The number of aryl methyl sites for hydroxylation is 1. The largest absolute Gasteiger partial charge is 0.401 e. The zero-order valence-electron chi connectivity index (χ0n) is 20.5. The number of alkyl halides is 3. The molecule has 2 aromatic carbocycles. The maximum atomic E-state index is 13.2. The molecule has 0 radical (unpaired) electrons. The monoisotopic (exact) mass is 579 g/mol. The lowest BCUT2D eigenvalue weighted by Gasteiger charge is -2.38. The second-order valence-electron chi connectivity index (χ2n) is 9.14. The summed E-state index contributed by atoms with van der Waals surface area (Å²) in [5.74, 6) is 0.152. The fourth-order valence-electron chi connectivity index (χ4n) is 4.21. The van der Waals surface area contributed by atoms with Gasteiger partial charge in [-0.3, -0.25) is 14.4 Å². The van der Waals surface area contributed by atoms with Crippen LogP contribution in [-0.2, 0) is 10.0 Å². The number of fused-ring (bicyclic) bond motifs is 1. The van der Waals surface area contributed by atoms with Gasteiger partial charge >= 0.3 is 6.18 Å². The third-order valence-corrected chi connectivity index (χ3v) is 8.64. The number of sulfonamides is 1. The first-order valence-electron chi connectivity index (χ1n) is 11.8. The number of amides is 1. The van der Waals surface area contributed by atoms with E-state index in [-0.39, 0.29) is 18.8 Å². The van der Waals surface area contributed by atoms with Crippen LogP contribution >= 0.6 is 11.5 Å². The molecule has 2 aliphatic heterocycles. The van der Waals surface area contributed by atoms with E-state index in [0.29, 0.717) is 34.3 Å². The molecule has 3 heterocycles. The Labute approximate surface area is 226 Å². The molecule has 0 unspecified atom stereocenters. The van der Waals surface area contributed by atoms with E-state index >= 15 is 0 Å². The quantitative estimate of drug-likeness (QED) is 0.329. The van der Waals surface area contributed by atoms with Gasteiger partial charge < -0.3 is 16.0 Å². The predicted molar refractivity (Wildman–Crippen MR) is 146 cm³/mol. The van der Waals surface area contributed by atoms with Gasteiger partial charge in [-0.05, 0) is 48.8 Å². The summed E-state index contributed by atoms with van der Waals surface area (Å²) in [6.45, 7) is 0.563. The van der Waals surface area contributed by atoms with Crippen molar-refractivity contribution in [2.24, 2.45) is 4.99 Å². The van der Waals surface area contributed by atoms with Gasteiger partial charge in [0.2, 0.25) is 10.0 Å². The van der Waals surface area contributed by atoms with Crippen molar-refractivity contribution in [2.75, 3.05) is 46.9 Å². The first-order valence-corrected chi connectivity index (χ1v) is 14.1. The third kappa shape index (κ3) is 6.32. The normalized spacial score (nSPS) is 17.1. The van der Waals surface area contributed by atoms with Crippen LogP contribution in [0.3, 0.4) is 0 Å². The Morgan fingerprint density at radius 1 is 1.15 bits per heavy atom. The summed E-state index contributed by atoms with van der Waals surface area (Å²) in [7, 11) is -3.92. The average molecular weight is 580 g/mol. The number of anilines is 4. The lowest BCUT2D eigenvalue weighted by Crippen LogP contribution is -2.58. The van der Waals surface area contributed by atoms with Crippen LogP contribution < -0.4 is 20.7 Å². The number of nitrogens with one attached hydrogen (secondary N) is 4. The van der Waals surface area contributed by atoms with Crippen molar-refractivity contribution < 1.29 is 26.4 Å². The van der Waals surface area contributed by atoms with Crippen LogP contribution in [0.2, 0.25) is 0 Å². The van der Waals surface area contributed by atoms with Crippen LogP contribution in [0.1, 0.15) is 16.1 Å². The number of halogens is 3. The number of likely N-dealkylation sites (tertiary alicyclic amines) is 1. The Hall–Kier alpha value is -3.69. The van der Waals surface area contributed by atoms with Crippen LogP contribution in [0.5, 0.6) is 0 Å². The molecule has 10 nitrogen and oxygen atoms in total. The van der Waals surface area contributed by atoms with Crippen molar-refractivity contribution in [1.29, 1.82) is 0 Å². The van der Waals surface area contributed by atoms with Gasteiger partial charge in [0.15, 0.2) is 5.00 Å². The number of nitrogens with zero attached hydrogens (tertiary/aromatic N) is 3. The maximum absolute atomic E-state index is 13.2. The highest BCUT2D eigenvalue weighted by atomic mass is 32.2. The molecule has 0 saturated carbocycles. The molecule has 0 bridgehead atoms. The number of hydrogen-bond donors (Lipinski definition) is 4. The number of aliphatic imine (C=N–C) groups is 1. The molecule has 1 aromatic heterocycles. The van der Waals surface area contributed by atoms with E-state index in [1.54, 1.807) is 19.1 Å². The van der Waals surface area contributed by atoms with E-state index in [4.69, 9.17) is 0 Å². The highest BCUT2D eigenvalue weighted by Gasteiger charge is 2.42. The van der Waals surface area contributed by atoms with E-state index < -0.39 is 33.9 Å². The number of para-hydroxylation sites is 2. The highest BCUT2D eigenvalue weighted by molar-refractivity contribution is 7.93. The smallest absolute Gasteiger partial charge is 0.376 e. The fourth-order valence-corrected chi connectivity index (χ4v) is 6.45. The van der Waals surface area contributed by atoms with Crippen molar-refractivity contribution in [1.82, 2.24) is 9.27 Å². The Balaban J connectivity index is 1.25. The topological polar surface area (TPSA) is 128 Å². The zero-order chi connectivity index (χ0) is 27.8. The number of aromatic nitrogens is 1. The van der Waals surface area contributed by atoms with E-state index in [1.165, 1.54) is 12.1 Å². The summed E-state index contributed by atoms with van der Waals surface area (Å²) < 4.78 is 69.5. The first-order chi connectivity index (χ1) is 18.5. The second-order valence-corrected chi connectivity index (χ2v) is 11.9. The summed E-state index contributed by atoms with van der Waals surface area (Å²) in [6, 6.07) is 13.7. The van der Waals surface area contributed by atoms with Gasteiger partial charge in [0.1, 0.15) is 11.1 Å². The second kappa shape index (κ2) is 10.5. The van der Waals surface area contributed by atoms with Crippen LogP contribution in [-0.4, -0.2) is 67.0 Å². The van der Waals surface area contributed by atoms with E-state index in [2.05, 4.69) is 30.0 Å². The van der Waals surface area contributed by atoms with E-state index in [9.17, 15) is 26.4 Å². The molecule has 0 aliphatic carbocycles. The molecular weight excluding hydrogens is 555 g/mol. The molecule has 15 heteroatoms. The van der Waals surface area contributed by atoms with Gasteiger partial charge in [-0.25, -0.2) is 13.4 Å². The fraction of sp³-hybridized carbons (Fsp3) is 0.292. The van der Waals surface area contributed by atoms with E-state index in [1.807, 2.05) is 24.3 Å². The van der Waals surface area contributed by atoms with Crippen molar-refractivity contribution in [3.05, 3.63) is 59.8 Å². The number of hydrogen-bond acceptors (Lipinski definition) is 8. The van der Waals surface area contributed by atoms with E-state index in [0.717, 1.165) is 27.8 Å². The number of carbonyl (C=O) groups excluding carboxylic acids is 1. The SMILES string of the molecule is Cc1nsc(N=C2CNc3ccccc3N2)c1C(=O)Nc1cccc(NS(=O)(=O)C2CN(CC(F)(F)F)C2)c1. The number of carbonyl (C=O) groups is 1. The van der Waals surface area contributed by atoms with Crippen LogP contribution in [0, 0.1) is 6.92 Å². The minimum atomic E-state index is -4.38. The molecule has 1 saturated heterocycles. The average Bonchev–Trinajstić information content (AvgIpc) is 3.20. The van der Waals surface area contributed by atoms with Gasteiger partial charge in [0, 0.05) is 18.8 Å². The van der Waals surface area contributed by atoms with Crippen LogP contribution in [0.25, 0.3) is 0 Å². The summed E-state index contributed by atoms with van der Waals surface area (Å²) in [4.78, 5) is 18.8. The van der Waals surface area contributed by atoms with Gasteiger partial charge in [0.05, 0.1) is 41.4 Å². The van der Waals surface area contributed by atoms with Crippen molar-refractivity contribution >= 4 is 61.0 Å². The zero-order valence-corrected chi connectivity index (χ0v) is 22.2. The minimum Gasteiger partial charge on any atom is -0.376 e. The summed E-state index contributed by atoms with van der Waals surface area (Å²) in [5, 5.41) is 8.71. The molecule has 0 atom stereocenters. The Bertz CT molecular complexity index is 1530. The Morgan fingerprint density at radius 2 is 1.87 bits per heavy atom. The van der Waals surface area contributed by atoms with Gasteiger partial charge in [0.25, 0.3) is 5.91 Å². The van der Waals surface area contributed by atoms with Gasteiger partial charge in [-0.15, -0.1) is 0 Å². The molecule has 1 fully saturated rings. The highest BCUT2D eigenvalue weighted by Crippen LogP contribution is 2.31. The lowest BCUT2D eigenvalue weighted by atomic mass is 10.2. The first kappa shape index (κ1) is 26.9. The molecule has 2 aliphatic rings. The predicted octanol–water partition coefficient (Wildman–Crippen LogP) is 4.26. The molecule has 0 spiro atoms. The Morgan fingerprint density at radius 3 is 2.62 bits per heavy atom. The molecule has 3 aromatic rings.